The summed E-state index contributed by atoms with van der Waals surface area (Å²) in [7, 11) is 0. The van der Waals surface area contributed by atoms with E-state index in [1.165, 1.54) is 17.7 Å². The highest BCUT2D eigenvalue weighted by molar-refractivity contribution is 5.63. The molecule has 0 radical (unpaired) electrons. The van der Waals surface area contributed by atoms with Crippen LogP contribution in [0, 0.1) is 11.7 Å². The van der Waals surface area contributed by atoms with Crippen molar-refractivity contribution in [2.75, 3.05) is 26.2 Å². The maximum absolute atomic E-state index is 13.3. The first kappa shape index (κ1) is 22.5. The van der Waals surface area contributed by atoms with E-state index in [2.05, 4.69) is 19.1 Å². The third-order valence-corrected chi connectivity index (χ3v) is 6.63. The Morgan fingerprint density at radius 3 is 2.19 bits per heavy atom. The third kappa shape index (κ3) is 5.96. The van der Waals surface area contributed by atoms with Crippen molar-refractivity contribution in [1.29, 1.82) is 0 Å². The van der Waals surface area contributed by atoms with Gasteiger partial charge in [0.05, 0.1) is 13.1 Å². The summed E-state index contributed by atoms with van der Waals surface area (Å²) >= 11 is 0. The maximum Gasteiger partial charge on any atom is 0.137 e. The van der Waals surface area contributed by atoms with Crippen molar-refractivity contribution < 1.29 is 18.7 Å². The number of halogens is 1. The molecule has 3 aromatic carbocycles. The van der Waals surface area contributed by atoms with Crippen molar-refractivity contribution in [3.05, 3.63) is 90.2 Å². The highest BCUT2D eigenvalue weighted by Gasteiger charge is 2.35. The highest BCUT2D eigenvalue weighted by Crippen LogP contribution is 2.27. The van der Waals surface area contributed by atoms with Crippen LogP contribution in [0.2, 0.25) is 0 Å². The Labute approximate surface area is 190 Å². The first-order chi connectivity index (χ1) is 15.5. The van der Waals surface area contributed by atoms with Crippen LogP contribution in [-0.4, -0.2) is 41.9 Å². The first-order valence-electron chi connectivity index (χ1n) is 11.6. The van der Waals surface area contributed by atoms with Gasteiger partial charge in [-0.05, 0) is 54.2 Å². The summed E-state index contributed by atoms with van der Waals surface area (Å²) < 4.78 is 20.1. The SMILES string of the molecule is CC1CC[N+](Cc2ccc(F)cc2)(C[C@@H](O)COc2ccc(-c3ccccc3)cc2)CC1. The molecular weight excluding hydrogens is 401 g/mol. The van der Waals surface area contributed by atoms with Crippen LogP contribution in [0.3, 0.4) is 0 Å². The van der Waals surface area contributed by atoms with Gasteiger partial charge in [-0.25, -0.2) is 4.39 Å². The molecule has 3 nitrogen and oxygen atoms in total. The number of hydrogen-bond acceptors (Lipinski definition) is 2. The van der Waals surface area contributed by atoms with E-state index < -0.39 is 6.10 Å². The van der Waals surface area contributed by atoms with Crippen molar-refractivity contribution in [2.24, 2.45) is 5.92 Å². The van der Waals surface area contributed by atoms with E-state index in [0.717, 1.165) is 53.8 Å². The van der Waals surface area contributed by atoms with Crippen LogP contribution in [0.4, 0.5) is 4.39 Å². The molecule has 0 amide bonds. The number of aliphatic hydroxyl groups excluding tert-OH is 1. The molecule has 32 heavy (non-hydrogen) atoms. The second-order valence-electron chi connectivity index (χ2n) is 9.29. The summed E-state index contributed by atoms with van der Waals surface area (Å²) in [5.41, 5.74) is 3.43. The molecule has 0 unspecified atom stereocenters. The molecule has 168 valence electrons. The van der Waals surface area contributed by atoms with E-state index >= 15 is 0 Å². The van der Waals surface area contributed by atoms with E-state index in [0.29, 0.717) is 12.5 Å². The number of piperidine rings is 1. The zero-order valence-corrected chi connectivity index (χ0v) is 18.8. The Bertz CT molecular complexity index is 965. The molecule has 1 saturated heterocycles. The molecule has 0 bridgehead atoms. The number of ether oxygens (including phenoxy) is 1. The van der Waals surface area contributed by atoms with Gasteiger partial charge in [-0.3, -0.25) is 0 Å². The van der Waals surface area contributed by atoms with Gasteiger partial charge in [0, 0.05) is 5.56 Å². The molecule has 0 aromatic heterocycles. The lowest BCUT2D eigenvalue weighted by molar-refractivity contribution is -0.948. The lowest BCUT2D eigenvalue weighted by atomic mass is 9.95. The van der Waals surface area contributed by atoms with Gasteiger partial charge in [0.15, 0.2) is 0 Å². The highest BCUT2D eigenvalue weighted by atomic mass is 19.1. The fraction of sp³-hybridized carbons (Fsp3) is 0.357. The van der Waals surface area contributed by atoms with Crippen LogP contribution >= 0.6 is 0 Å². The Kier molecular flexibility index (Phi) is 7.23. The predicted octanol–water partition coefficient (Wildman–Crippen LogP) is 5.68. The largest absolute Gasteiger partial charge is 0.491 e. The number of rotatable bonds is 8. The topological polar surface area (TPSA) is 29.5 Å². The van der Waals surface area contributed by atoms with Crippen molar-refractivity contribution in [3.63, 3.8) is 0 Å². The van der Waals surface area contributed by atoms with E-state index in [4.69, 9.17) is 4.74 Å². The Balaban J connectivity index is 1.36. The number of aliphatic hydroxyl groups is 1. The summed E-state index contributed by atoms with van der Waals surface area (Å²) in [6, 6.07) is 25.0. The summed E-state index contributed by atoms with van der Waals surface area (Å²) in [5.74, 6) is 1.27. The number of hydrogen-bond donors (Lipinski definition) is 1. The van der Waals surface area contributed by atoms with Gasteiger partial charge in [0.25, 0.3) is 0 Å². The van der Waals surface area contributed by atoms with Gasteiger partial charge in [0.1, 0.15) is 37.4 Å². The van der Waals surface area contributed by atoms with Crippen molar-refractivity contribution in [3.8, 4) is 16.9 Å². The average molecular weight is 435 g/mol. The van der Waals surface area contributed by atoms with Crippen LogP contribution in [0.25, 0.3) is 11.1 Å². The summed E-state index contributed by atoms with van der Waals surface area (Å²) in [6.45, 7) is 6.08. The maximum atomic E-state index is 13.3. The molecule has 1 fully saturated rings. The molecule has 1 N–H and O–H groups in total. The number of quaternary nitrogens is 1. The monoisotopic (exact) mass is 434 g/mol. The van der Waals surface area contributed by atoms with Crippen LogP contribution in [-0.2, 0) is 6.54 Å². The van der Waals surface area contributed by atoms with Crippen LogP contribution < -0.4 is 4.74 Å². The molecule has 4 heteroatoms. The van der Waals surface area contributed by atoms with Crippen molar-refractivity contribution in [2.45, 2.75) is 32.4 Å². The molecular formula is C28H33FNO2+. The second-order valence-corrected chi connectivity index (χ2v) is 9.29. The zero-order chi connectivity index (χ0) is 22.4. The minimum atomic E-state index is -0.558. The Morgan fingerprint density at radius 2 is 1.53 bits per heavy atom. The molecule has 0 aliphatic carbocycles. The Morgan fingerprint density at radius 1 is 0.906 bits per heavy atom. The lowest BCUT2D eigenvalue weighted by Gasteiger charge is -2.44. The molecule has 1 aliphatic rings. The van der Waals surface area contributed by atoms with Gasteiger partial charge >= 0.3 is 0 Å². The first-order valence-corrected chi connectivity index (χ1v) is 11.6. The molecule has 3 aromatic rings. The standard InChI is InChI=1S/C28H33FNO2/c1-22-15-17-30(18-16-22,19-23-7-11-26(29)12-8-23)20-27(31)21-32-28-13-9-25(10-14-28)24-5-3-2-4-6-24/h2-14,22,27,31H,15-21H2,1H3/q+1/t22?,27-,30?/m1/s1. The molecule has 1 heterocycles. The number of benzene rings is 3. The van der Waals surface area contributed by atoms with Crippen LogP contribution in [0.5, 0.6) is 5.75 Å². The summed E-state index contributed by atoms with van der Waals surface area (Å²) in [6.07, 6.45) is 1.74. The summed E-state index contributed by atoms with van der Waals surface area (Å²) in [4.78, 5) is 0. The quantitative estimate of drug-likeness (QED) is 0.462. The minimum Gasteiger partial charge on any atom is -0.491 e. The summed E-state index contributed by atoms with van der Waals surface area (Å²) in [5, 5.41) is 10.8. The van der Waals surface area contributed by atoms with Crippen molar-refractivity contribution in [1.82, 2.24) is 0 Å². The smallest absolute Gasteiger partial charge is 0.137 e. The van der Waals surface area contributed by atoms with E-state index in [1.807, 2.05) is 54.6 Å². The van der Waals surface area contributed by atoms with E-state index in [-0.39, 0.29) is 12.4 Å². The van der Waals surface area contributed by atoms with E-state index in [9.17, 15) is 9.50 Å². The average Bonchev–Trinajstić information content (AvgIpc) is 2.82. The van der Waals surface area contributed by atoms with Crippen LogP contribution in [0.1, 0.15) is 25.3 Å². The fourth-order valence-corrected chi connectivity index (χ4v) is 4.69. The van der Waals surface area contributed by atoms with Gasteiger partial charge in [0.2, 0.25) is 0 Å². The van der Waals surface area contributed by atoms with Crippen molar-refractivity contribution >= 4 is 0 Å². The molecule has 1 atom stereocenters. The lowest BCUT2D eigenvalue weighted by Crippen LogP contribution is -2.56. The molecule has 4 rings (SSSR count). The zero-order valence-electron chi connectivity index (χ0n) is 18.8. The molecule has 0 saturated carbocycles. The van der Waals surface area contributed by atoms with Gasteiger partial charge in [-0.2, -0.15) is 0 Å². The third-order valence-electron chi connectivity index (χ3n) is 6.63. The van der Waals surface area contributed by atoms with Gasteiger partial charge < -0.3 is 14.3 Å². The minimum absolute atomic E-state index is 0.209. The van der Waals surface area contributed by atoms with E-state index in [1.54, 1.807) is 0 Å². The second kappa shape index (κ2) is 10.3. The predicted molar refractivity (Wildman–Crippen MR) is 127 cm³/mol. The Hall–Kier alpha value is -2.69. The van der Waals surface area contributed by atoms with Gasteiger partial charge in [-0.15, -0.1) is 0 Å². The molecule has 0 spiro atoms. The molecule has 1 aliphatic heterocycles. The number of likely N-dealkylation sites (tertiary alicyclic amines) is 1. The van der Waals surface area contributed by atoms with Gasteiger partial charge in [-0.1, -0.05) is 61.5 Å². The number of nitrogens with zero attached hydrogens (tertiary/aromatic N) is 1. The normalized spacial score (nSPS) is 21.8. The fourth-order valence-electron chi connectivity index (χ4n) is 4.69. The van der Waals surface area contributed by atoms with Crippen LogP contribution in [0.15, 0.2) is 78.9 Å².